The molecule has 1 aliphatic rings. The minimum absolute atomic E-state index is 0.00479. The maximum Gasteiger partial charge on any atom is 0.269 e. The SMILES string of the molecule is O=C(CN(C(=O)C=Cc1ccc([N+](=O)[O-])cc1)C1CC1)N(CCc1c[nH]c2ccccc12)Cc1ccccc1. The number of nitrogens with one attached hydrogen (secondary N) is 1. The third-order valence-electron chi connectivity index (χ3n) is 6.99. The Morgan fingerprint density at radius 1 is 0.974 bits per heavy atom. The van der Waals surface area contributed by atoms with Crippen molar-refractivity contribution in [3.63, 3.8) is 0 Å². The zero-order valence-electron chi connectivity index (χ0n) is 21.5. The van der Waals surface area contributed by atoms with Crippen LogP contribution in [-0.2, 0) is 22.6 Å². The third kappa shape index (κ3) is 6.59. The van der Waals surface area contributed by atoms with Gasteiger partial charge in [-0.3, -0.25) is 19.7 Å². The van der Waals surface area contributed by atoms with Crippen LogP contribution in [0.2, 0.25) is 0 Å². The Morgan fingerprint density at radius 3 is 2.41 bits per heavy atom. The first-order valence-corrected chi connectivity index (χ1v) is 13.1. The van der Waals surface area contributed by atoms with E-state index in [9.17, 15) is 19.7 Å². The van der Waals surface area contributed by atoms with Crippen LogP contribution in [0.25, 0.3) is 17.0 Å². The minimum Gasteiger partial charge on any atom is -0.361 e. The first kappa shape index (κ1) is 25.9. The molecule has 1 heterocycles. The standard InChI is InChI=1S/C31H30N4O4/c36-30(17-12-23-10-13-27(14-11-23)35(38)39)34(26-15-16-26)22-31(37)33(21-24-6-2-1-3-7-24)19-18-25-20-32-29-9-5-4-8-28(25)29/h1-14,17,20,26,32H,15-16,18-19,21-22H2. The number of carbonyl (C=O) groups excluding carboxylic acids is 2. The van der Waals surface area contributed by atoms with Crippen LogP contribution in [0.4, 0.5) is 5.69 Å². The molecular weight excluding hydrogens is 492 g/mol. The van der Waals surface area contributed by atoms with Gasteiger partial charge < -0.3 is 14.8 Å². The van der Waals surface area contributed by atoms with E-state index < -0.39 is 4.92 Å². The van der Waals surface area contributed by atoms with Crippen molar-refractivity contribution in [2.45, 2.75) is 31.8 Å². The molecule has 0 spiro atoms. The van der Waals surface area contributed by atoms with Crippen molar-refractivity contribution < 1.29 is 14.5 Å². The Balaban J connectivity index is 1.29. The molecule has 0 unspecified atom stereocenters. The topological polar surface area (TPSA) is 99.5 Å². The maximum atomic E-state index is 13.6. The molecule has 8 heteroatoms. The van der Waals surface area contributed by atoms with Crippen LogP contribution in [0.5, 0.6) is 0 Å². The summed E-state index contributed by atoms with van der Waals surface area (Å²) in [6, 6.07) is 24.0. The summed E-state index contributed by atoms with van der Waals surface area (Å²) in [4.78, 5) is 44.0. The molecule has 0 aliphatic heterocycles. The first-order valence-electron chi connectivity index (χ1n) is 13.1. The van der Waals surface area contributed by atoms with Gasteiger partial charge in [-0.2, -0.15) is 0 Å². The van der Waals surface area contributed by atoms with Crippen LogP contribution in [0.3, 0.4) is 0 Å². The van der Waals surface area contributed by atoms with Gasteiger partial charge in [0.05, 0.1) is 4.92 Å². The summed E-state index contributed by atoms with van der Waals surface area (Å²) in [6.45, 7) is 1.00. The van der Waals surface area contributed by atoms with E-state index in [1.807, 2.05) is 59.6 Å². The van der Waals surface area contributed by atoms with Crippen LogP contribution in [-0.4, -0.2) is 50.7 Å². The molecule has 4 aromatic rings. The van der Waals surface area contributed by atoms with Crippen LogP contribution in [0, 0.1) is 10.1 Å². The van der Waals surface area contributed by atoms with Gasteiger partial charge in [-0.05, 0) is 60.2 Å². The number of rotatable bonds is 11. The number of carbonyl (C=O) groups is 2. The number of hydrogen-bond donors (Lipinski definition) is 1. The molecule has 1 N–H and O–H groups in total. The number of hydrogen-bond acceptors (Lipinski definition) is 4. The number of benzene rings is 3. The molecule has 8 nitrogen and oxygen atoms in total. The van der Waals surface area contributed by atoms with Gasteiger partial charge in [0.2, 0.25) is 11.8 Å². The summed E-state index contributed by atoms with van der Waals surface area (Å²) in [5, 5.41) is 12.0. The fourth-order valence-corrected chi connectivity index (χ4v) is 4.68. The van der Waals surface area contributed by atoms with Crippen LogP contribution < -0.4 is 0 Å². The molecule has 1 aromatic heterocycles. The molecule has 0 bridgehead atoms. The van der Waals surface area contributed by atoms with E-state index in [1.54, 1.807) is 23.1 Å². The Bertz CT molecular complexity index is 1490. The molecule has 0 radical (unpaired) electrons. The second kappa shape index (κ2) is 11.8. The van der Waals surface area contributed by atoms with Gasteiger partial charge in [0.15, 0.2) is 0 Å². The van der Waals surface area contributed by atoms with Gasteiger partial charge in [-0.1, -0.05) is 48.5 Å². The van der Waals surface area contributed by atoms with Gasteiger partial charge in [0, 0.05) is 54.4 Å². The summed E-state index contributed by atoms with van der Waals surface area (Å²) in [7, 11) is 0. The summed E-state index contributed by atoms with van der Waals surface area (Å²) in [6.07, 6.45) is 7.51. The predicted molar refractivity (Wildman–Crippen MR) is 151 cm³/mol. The molecular formula is C31H30N4O4. The van der Waals surface area contributed by atoms with E-state index in [4.69, 9.17) is 0 Å². The number of non-ortho nitro benzene ring substituents is 1. The Labute approximate surface area is 226 Å². The largest absolute Gasteiger partial charge is 0.361 e. The summed E-state index contributed by atoms with van der Waals surface area (Å²) < 4.78 is 0. The van der Waals surface area contributed by atoms with E-state index in [0.717, 1.165) is 34.9 Å². The quantitative estimate of drug-likeness (QED) is 0.163. The fourth-order valence-electron chi connectivity index (χ4n) is 4.68. The van der Waals surface area contributed by atoms with E-state index in [-0.39, 0.29) is 30.1 Å². The molecule has 2 amide bonds. The van der Waals surface area contributed by atoms with E-state index in [2.05, 4.69) is 11.1 Å². The number of para-hydroxylation sites is 1. The molecule has 3 aromatic carbocycles. The third-order valence-corrected chi connectivity index (χ3v) is 6.99. The molecule has 1 aliphatic carbocycles. The highest BCUT2D eigenvalue weighted by Crippen LogP contribution is 2.27. The number of aromatic amines is 1. The zero-order chi connectivity index (χ0) is 27.2. The molecule has 1 saturated carbocycles. The average molecular weight is 523 g/mol. The molecule has 5 rings (SSSR count). The van der Waals surface area contributed by atoms with Crippen molar-refractivity contribution in [3.05, 3.63) is 118 Å². The van der Waals surface area contributed by atoms with Gasteiger partial charge in [0.25, 0.3) is 5.69 Å². The summed E-state index contributed by atoms with van der Waals surface area (Å²) >= 11 is 0. The first-order chi connectivity index (χ1) is 19.0. The number of nitro benzene ring substituents is 1. The molecule has 198 valence electrons. The molecule has 1 fully saturated rings. The number of aromatic nitrogens is 1. The summed E-state index contributed by atoms with van der Waals surface area (Å²) in [5.41, 5.74) is 3.93. The number of fused-ring (bicyclic) bond motifs is 1. The number of amides is 2. The zero-order valence-corrected chi connectivity index (χ0v) is 21.5. The van der Waals surface area contributed by atoms with Gasteiger partial charge >= 0.3 is 0 Å². The second-order valence-electron chi connectivity index (χ2n) is 9.79. The highest BCUT2D eigenvalue weighted by atomic mass is 16.6. The second-order valence-corrected chi connectivity index (χ2v) is 9.79. The Morgan fingerprint density at radius 2 is 1.69 bits per heavy atom. The van der Waals surface area contributed by atoms with Crippen molar-refractivity contribution in [1.82, 2.24) is 14.8 Å². The Hall–Kier alpha value is -4.72. The van der Waals surface area contributed by atoms with Crippen molar-refractivity contribution >= 4 is 34.5 Å². The fraction of sp³-hybridized carbons (Fsp3) is 0.226. The van der Waals surface area contributed by atoms with Crippen molar-refractivity contribution in [2.24, 2.45) is 0 Å². The predicted octanol–water partition coefficient (Wildman–Crippen LogP) is 5.35. The molecule has 0 saturated heterocycles. The summed E-state index contributed by atoms with van der Waals surface area (Å²) in [5.74, 6) is -0.330. The van der Waals surface area contributed by atoms with Crippen molar-refractivity contribution in [1.29, 1.82) is 0 Å². The minimum atomic E-state index is -0.460. The lowest BCUT2D eigenvalue weighted by molar-refractivity contribution is -0.384. The van der Waals surface area contributed by atoms with Gasteiger partial charge in [0.1, 0.15) is 6.54 Å². The normalized spacial score (nSPS) is 13.0. The monoisotopic (exact) mass is 522 g/mol. The van der Waals surface area contributed by atoms with Crippen molar-refractivity contribution in [3.8, 4) is 0 Å². The maximum absolute atomic E-state index is 13.6. The van der Waals surface area contributed by atoms with Crippen LogP contribution in [0.1, 0.15) is 29.5 Å². The highest BCUT2D eigenvalue weighted by Gasteiger charge is 2.34. The van der Waals surface area contributed by atoms with Gasteiger partial charge in [-0.15, -0.1) is 0 Å². The highest BCUT2D eigenvalue weighted by molar-refractivity contribution is 5.95. The Kier molecular flexibility index (Phi) is 7.82. The van der Waals surface area contributed by atoms with Gasteiger partial charge in [-0.25, -0.2) is 0 Å². The lowest BCUT2D eigenvalue weighted by Crippen LogP contribution is -2.43. The van der Waals surface area contributed by atoms with E-state index in [0.29, 0.717) is 25.1 Å². The molecule has 0 atom stereocenters. The number of H-pyrrole nitrogens is 1. The lowest BCUT2D eigenvalue weighted by atomic mass is 10.1. The number of nitro groups is 1. The lowest BCUT2D eigenvalue weighted by Gasteiger charge is -2.27. The number of nitrogens with zero attached hydrogens (tertiary/aromatic N) is 3. The van der Waals surface area contributed by atoms with E-state index >= 15 is 0 Å². The smallest absolute Gasteiger partial charge is 0.269 e. The van der Waals surface area contributed by atoms with E-state index in [1.165, 1.54) is 18.2 Å². The average Bonchev–Trinajstić information content (AvgIpc) is 3.72. The van der Waals surface area contributed by atoms with Crippen LogP contribution >= 0.6 is 0 Å². The van der Waals surface area contributed by atoms with Crippen molar-refractivity contribution in [2.75, 3.05) is 13.1 Å². The van der Waals surface area contributed by atoms with Crippen LogP contribution in [0.15, 0.2) is 91.1 Å². The molecule has 39 heavy (non-hydrogen) atoms.